The van der Waals surface area contributed by atoms with Crippen molar-refractivity contribution in [2.45, 2.75) is 75.7 Å². The van der Waals surface area contributed by atoms with Crippen molar-refractivity contribution in [2.24, 2.45) is 0 Å². The van der Waals surface area contributed by atoms with Crippen LogP contribution in [0.1, 0.15) is 57.4 Å². The zero-order valence-corrected chi connectivity index (χ0v) is 17.9. The third kappa shape index (κ3) is 4.40. The number of aromatic nitrogens is 4. The second-order valence-electron chi connectivity index (χ2n) is 8.92. The molecular formula is C23H29FN6O2. The van der Waals surface area contributed by atoms with Gasteiger partial charge in [0.25, 0.3) is 0 Å². The highest BCUT2D eigenvalue weighted by molar-refractivity contribution is 5.76. The molecule has 0 unspecified atom stereocenters. The number of hydrogen-bond donors (Lipinski definition) is 4. The van der Waals surface area contributed by atoms with Gasteiger partial charge in [-0.05, 0) is 63.5 Å². The molecule has 0 bridgehead atoms. The van der Waals surface area contributed by atoms with Gasteiger partial charge < -0.3 is 20.8 Å². The Labute approximate surface area is 185 Å². The minimum atomic E-state index is -0.349. The summed E-state index contributed by atoms with van der Waals surface area (Å²) in [6.45, 7) is 0. The minimum Gasteiger partial charge on any atom is -0.393 e. The standard InChI is InChI=1S/C23H29FN6O2/c24-18-3-1-2-4-19(18)27-23-28-20-13-25-22(26-14-5-9-16(31)10-6-14)29-21(20)30(23)15-7-11-17(32)12-8-15/h1-4,13-17,31-32H,5-12H2,(H,27,28)(H,25,26,29)/t14-,15-,16-,17+. The molecule has 4 N–H and O–H groups in total. The van der Waals surface area contributed by atoms with Gasteiger partial charge in [-0.15, -0.1) is 0 Å². The highest BCUT2D eigenvalue weighted by Crippen LogP contribution is 2.35. The summed E-state index contributed by atoms with van der Waals surface area (Å²) in [5, 5.41) is 26.3. The van der Waals surface area contributed by atoms with E-state index in [0.29, 0.717) is 41.6 Å². The minimum absolute atomic E-state index is 0.102. The third-order valence-corrected chi connectivity index (χ3v) is 6.61. The summed E-state index contributed by atoms with van der Waals surface area (Å²) in [4.78, 5) is 13.9. The number of hydrogen-bond acceptors (Lipinski definition) is 7. The van der Waals surface area contributed by atoms with Crippen LogP contribution < -0.4 is 10.6 Å². The largest absolute Gasteiger partial charge is 0.393 e. The topological polar surface area (TPSA) is 108 Å². The van der Waals surface area contributed by atoms with Gasteiger partial charge in [0.2, 0.25) is 11.9 Å². The van der Waals surface area contributed by atoms with Gasteiger partial charge >= 0.3 is 0 Å². The van der Waals surface area contributed by atoms with Gasteiger partial charge in [0.05, 0.1) is 24.1 Å². The molecule has 0 aliphatic heterocycles. The number of aliphatic hydroxyl groups is 2. The van der Waals surface area contributed by atoms with Crippen molar-refractivity contribution in [3.63, 3.8) is 0 Å². The Kier molecular flexibility index (Phi) is 5.93. The summed E-state index contributed by atoms with van der Waals surface area (Å²) in [7, 11) is 0. The Morgan fingerprint density at radius 2 is 1.59 bits per heavy atom. The van der Waals surface area contributed by atoms with Crippen LogP contribution in [0, 0.1) is 5.82 Å². The first-order valence-electron chi connectivity index (χ1n) is 11.5. The Hall–Kier alpha value is -2.78. The average Bonchev–Trinajstić information content (AvgIpc) is 3.15. The van der Waals surface area contributed by atoms with Crippen LogP contribution in [0.3, 0.4) is 0 Å². The van der Waals surface area contributed by atoms with Gasteiger partial charge in [-0.25, -0.2) is 14.4 Å². The molecule has 2 saturated carbocycles. The van der Waals surface area contributed by atoms with Gasteiger partial charge in [-0.2, -0.15) is 4.98 Å². The molecule has 0 spiro atoms. The van der Waals surface area contributed by atoms with Crippen LogP contribution in [-0.2, 0) is 0 Å². The first-order chi connectivity index (χ1) is 15.6. The van der Waals surface area contributed by atoms with Crippen molar-refractivity contribution >= 4 is 28.7 Å². The Balaban J connectivity index is 1.49. The summed E-state index contributed by atoms with van der Waals surface area (Å²) < 4.78 is 16.4. The second-order valence-corrected chi connectivity index (χ2v) is 8.92. The highest BCUT2D eigenvalue weighted by atomic mass is 19.1. The van der Waals surface area contributed by atoms with E-state index in [1.54, 1.807) is 24.4 Å². The van der Waals surface area contributed by atoms with Crippen LogP contribution in [0.25, 0.3) is 11.2 Å². The molecule has 2 heterocycles. The molecule has 3 aromatic rings. The van der Waals surface area contributed by atoms with Crippen LogP contribution in [0.15, 0.2) is 30.5 Å². The van der Waals surface area contributed by atoms with Crippen molar-refractivity contribution in [3.8, 4) is 0 Å². The van der Waals surface area contributed by atoms with Gasteiger partial charge in [0.15, 0.2) is 5.65 Å². The lowest BCUT2D eigenvalue weighted by Crippen LogP contribution is -2.29. The fourth-order valence-electron chi connectivity index (χ4n) is 4.80. The van der Waals surface area contributed by atoms with Crippen LogP contribution in [-0.4, -0.2) is 48.0 Å². The SMILES string of the molecule is O[C@H]1CC[C@H](Nc2ncc3nc(Nc4ccccc4F)n([C@H]4CC[C@@H](O)CC4)c3n2)CC1. The van der Waals surface area contributed by atoms with E-state index in [1.165, 1.54) is 6.07 Å². The summed E-state index contributed by atoms with van der Waals surface area (Å²) in [6.07, 6.45) is 7.53. The molecule has 9 heteroatoms. The number of aliphatic hydroxyl groups excluding tert-OH is 2. The maximum atomic E-state index is 14.3. The number of halogens is 1. The molecule has 170 valence electrons. The van der Waals surface area contributed by atoms with E-state index in [-0.39, 0.29) is 30.1 Å². The van der Waals surface area contributed by atoms with Crippen LogP contribution in [0.4, 0.5) is 22.0 Å². The molecule has 2 aliphatic carbocycles. The zero-order chi connectivity index (χ0) is 22.1. The van der Waals surface area contributed by atoms with Gasteiger partial charge in [-0.3, -0.25) is 4.57 Å². The first kappa shape index (κ1) is 21.1. The molecule has 0 saturated heterocycles. The van der Waals surface area contributed by atoms with E-state index >= 15 is 0 Å². The molecule has 32 heavy (non-hydrogen) atoms. The maximum Gasteiger partial charge on any atom is 0.224 e. The lowest BCUT2D eigenvalue weighted by Gasteiger charge is -2.28. The van der Waals surface area contributed by atoms with Crippen molar-refractivity contribution in [3.05, 3.63) is 36.3 Å². The van der Waals surface area contributed by atoms with E-state index in [9.17, 15) is 14.6 Å². The lowest BCUT2D eigenvalue weighted by molar-refractivity contribution is 0.112. The predicted molar refractivity (Wildman–Crippen MR) is 120 cm³/mol. The number of nitrogens with zero attached hydrogens (tertiary/aromatic N) is 4. The van der Waals surface area contributed by atoms with Crippen LogP contribution >= 0.6 is 0 Å². The van der Waals surface area contributed by atoms with Crippen molar-refractivity contribution in [1.29, 1.82) is 0 Å². The van der Waals surface area contributed by atoms with E-state index in [0.717, 1.165) is 38.5 Å². The molecule has 1 aromatic carbocycles. The van der Waals surface area contributed by atoms with E-state index in [2.05, 4.69) is 20.6 Å². The smallest absolute Gasteiger partial charge is 0.224 e. The number of imidazole rings is 1. The number of fused-ring (bicyclic) bond motifs is 1. The normalized spacial score (nSPS) is 26.2. The first-order valence-corrected chi connectivity index (χ1v) is 11.5. The molecule has 0 radical (unpaired) electrons. The quantitative estimate of drug-likeness (QED) is 0.476. The van der Waals surface area contributed by atoms with Gasteiger partial charge in [0, 0.05) is 12.1 Å². The molecule has 0 amide bonds. The molecule has 0 atom stereocenters. The fourth-order valence-corrected chi connectivity index (χ4v) is 4.80. The number of benzene rings is 1. The van der Waals surface area contributed by atoms with Gasteiger partial charge in [0.1, 0.15) is 11.3 Å². The summed E-state index contributed by atoms with van der Waals surface area (Å²) >= 11 is 0. The van der Waals surface area contributed by atoms with E-state index < -0.39 is 0 Å². The van der Waals surface area contributed by atoms with Crippen LogP contribution in [0.5, 0.6) is 0 Å². The van der Waals surface area contributed by atoms with Crippen molar-refractivity contribution < 1.29 is 14.6 Å². The summed E-state index contributed by atoms with van der Waals surface area (Å²) in [5.74, 6) is 0.713. The Morgan fingerprint density at radius 1 is 0.906 bits per heavy atom. The molecular weight excluding hydrogens is 411 g/mol. The van der Waals surface area contributed by atoms with E-state index in [4.69, 9.17) is 4.98 Å². The summed E-state index contributed by atoms with van der Waals surface area (Å²) in [6, 6.07) is 6.85. The lowest BCUT2D eigenvalue weighted by atomic mass is 9.93. The Bertz CT molecular complexity index is 1070. The molecule has 2 aromatic heterocycles. The van der Waals surface area contributed by atoms with Crippen molar-refractivity contribution in [1.82, 2.24) is 19.5 Å². The number of nitrogens with one attached hydrogen (secondary N) is 2. The maximum absolute atomic E-state index is 14.3. The van der Waals surface area contributed by atoms with Crippen molar-refractivity contribution in [2.75, 3.05) is 10.6 Å². The van der Waals surface area contributed by atoms with E-state index in [1.807, 2.05) is 4.57 Å². The predicted octanol–water partition coefficient (Wildman–Crippen LogP) is 3.90. The monoisotopic (exact) mass is 440 g/mol. The fraction of sp³-hybridized carbons (Fsp3) is 0.522. The number of rotatable bonds is 5. The van der Waals surface area contributed by atoms with Gasteiger partial charge in [-0.1, -0.05) is 12.1 Å². The zero-order valence-electron chi connectivity index (χ0n) is 17.9. The number of para-hydroxylation sites is 1. The highest BCUT2D eigenvalue weighted by Gasteiger charge is 2.27. The molecule has 2 aliphatic rings. The molecule has 5 rings (SSSR count). The summed E-state index contributed by atoms with van der Waals surface area (Å²) in [5.41, 5.74) is 1.69. The third-order valence-electron chi connectivity index (χ3n) is 6.61. The number of anilines is 3. The van der Waals surface area contributed by atoms with Crippen LogP contribution in [0.2, 0.25) is 0 Å². The second kappa shape index (κ2) is 8.99. The average molecular weight is 441 g/mol. The molecule has 2 fully saturated rings. The Morgan fingerprint density at radius 3 is 2.31 bits per heavy atom. The molecule has 8 nitrogen and oxygen atoms in total.